The summed E-state index contributed by atoms with van der Waals surface area (Å²) in [4.78, 5) is 2.49. The van der Waals surface area contributed by atoms with Crippen molar-refractivity contribution < 1.29 is 4.39 Å². The second kappa shape index (κ2) is 9.40. The maximum absolute atomic E-state index is 13.2. The normalized spacial score (nSPS) is 12.7. The van der Waals surface area contributed by atoms with Crippen LogP contribution in [0.25, 0.3) is 0 Å². The molecule has 0 saturated carbocycles. The van der Waals surface area contributed by atoms with Crippen LogP contribution in [-0.4, -0.2) is 15.5 Å². The number of nitrogens with zero attached hydrogens (tertiary/aromatic N) is 2. The van der Waals surface area contributed by atoms with Crippen LogP contribution in [-0.2, 0) is 19.6 Å². The van der Waals surface area contributed by atoms with E-state index in [-0.39, 0.29) is 5.82 Å². The van der Waals surface area contributed by atoms with E-state index in [9.17, 15) is 4.39 Å². The Hall–Kier alpha value is -2.10. The molecule has 0 saturated heterocycles. The van der Waals surface area contributed by atoms with Crippen molar-refractivity contribution in [1.29, 1.82) is 0 Å². The molecule has 2 nitrogen and oxygen atoms in total. The van der Waals surface area contributed by atoms with Gasteiger partial charge in [0.25, 0.3) is 0 Å². The topological polar surface area (TPSA) is 8.17 Å². The van der Waals surface area contributed by atoms with Crippen molar-refractivity contribution in [3.63, 3.8) is 0 Å². The van der Waals surface area contributed by atoms with Gasteiger partial charge in [-0.05, 0) is 60.4 Å². The van der Waals surface area contributed by atoms with Crippen LogP contribution >= 0.6 is 11.6 Å². The molecule has 0 fully saturated rings. The molecule has 0 aliphatic carbocycles. The molecule has 148 valence electrons. The summed E-state index contributed by atoms with van der Waals surface area (Å²) in [5, 5.41) is 0.773. The lowest BCUT2D eigenvalue weighted by molar-refractivity contribution is 0.148. The Morgan fingerprint density at radius 2 is 1.68 bits per heavy atom. The van der Waals surface area contributed by atoms with Gasteiger partial charge in [-0.2, -0.15) is 0 Å². The second-order valence-corrected chi connectivity index (χ2v) is 8.21. The molecule has 0 radical (unpaired) electrons. The lowest BCUT2D eigenvalue weighted by atomic mass is 10.0. The van der Waals surface area contributed by atoms with Crippen LogP contribution in [0.1, 0.15) is 37.6 Å². The third-order valence-corrected chi connectivity index (χ3v) is 5.61. The fraction of sp³-hybridized carbons (Fsp3) is 0.333. The molecule has 0 aliphatic rings. The zero-order valence-electron chi connectivity index (χ0n) is 16.8. The van der Waals surface area contributed by atoms with Gasteiger partial charge in [0.15, 0.2) is 0 Å². The van der Waals surface area contributed by atoms with Crippen LogP contribution in [0.2, 0.25) is 5.02 Å². The maximum Gasteiger partial charge on any atom is 0.123 e. The molecule has 28 heavy (non-hydrogen) atoms. The highest BCUT2D eigenvalue weighted by Crippen LogP contribution is 2.21. The zero-order valence-corrected chi connectivity index (χ0v) is 17.5. The van der Waals surface area contributed by atoms with Crippen molar-refractivity contribution in [2.24, 2.45) is 5.92 Å². The predicted molar refractivity (Wildman–Crippen MR) is 115 cm³/mol. The van der Waals surface area contributed by atoms with E-state index < -0.39 is 0 Å². The van der Waals surface area contributed by atoms with E-state index in [0.29, 0.717) is 12.0 Å². The molecule has 0 spiro atoms. The Labute approximate surface area is 172 Å². The van der Waals surface area contributed by atoms with E-state index >= 15 is 0 Å². The van der Waals surface area contributed by atoms with Crippen LogP contribution in [0, 0.1) is 11.7 Å². The highest BCUT2D eigenvalue weighted by molar-refractivity contribution is 6.30. The first kappa shape index (κ1) is 20.6. The smallest absolute Gasteiger partial charge is 0.123 e. The van der Waals surface area contributed by atoms with Gasteiger partial charge in [-0.15, -0.1) is 0 Å². The molecular weight excluding hydrogens is 371 g/mol. The molecule has 1 unspecified atom stereocenters. The SMILES string of the molecule is CC(C)C(C)N(Cc1cccc(Cl)c1)Cc1cccn1Cc1ccc(F)cc1. The third kappa shape index (κ3) is 5.46. The summed E-state index contributed by atoms with van der Waals surface area (Å²) < 4.78 is 15.4. The fourth-order valence-corrected chi connectivity index (χ4v) is 3.59. The predicted octanol–water partition coefficient (Wildman–Crippen LogP) is 6.38. The van der Waals surface area contributed by atoms with Gasteiger partial charge in [0.2, 0.25) is 0 Å². The van der Waals surface area contributed by atoms with Crippen LogP contribution in [0.15, 0.2) is 66.9 Å². The van der Waals surface area contributed by atoms with Gasteiger partial charge in [-0.1, -0.05) is 49.7 Å². The molecule has 2 aromatic carbocycles. The van der Waals surface area contributed by atoms with Crippen LogP contribution in [0.4, 0.5) is 4.39 Å². The quantitative estimate of drug-likeness (QED) is 0.427. The monoisotopic (exact) mass is 398 g/mol. The minimum absolute atomic E-state index is 0.199. The summed E-state index contributed by atoms with van der Waals surface area (Å²) in [5.41, 5.74) is 3.56. The molecule has 1 aromatic heterocycles. The number of hydrogen-bond acceptors (Lipinski definition) is 1. The minimum atomic E-state index is -0.199. The molecule has 1 atom stereocenters. The van der Waals surface area contributed by atoms with Crippen molar-refractivity contribution in [3.8, 4) is 0 Å². The van der Waals surface area contributed by atoms with Gasteiger partial charge in [-0.25, -0.2) is 4.39 Å². The number of hydrogen-bond donors (Lipinski definition) is 0. The number of aromatic nitrogens is 1. The van der Waals surface area contributed by atoms with Gasteiger partial charge < -0.3 is 4.57 Å². The van der Waals surface area contributed by atoms with Gasteiger partial charge in [0.05, 0.1) is 0 Å². The molecule has 3 aromatic rings. The van der Waals surface area contributed by atoms with E-state index in [4.69, 9.17) is 11.6 Å². The molecule has 0 N–H and O–H groups in total. The maximum atomic E-state index is 13.2. The first-order valence-corrected chi connectivity index (χ1v) is 10.2. The standard InChI is InChI=1S/C24H28ClFN2/c1-18(2)19(3)28(16-21-6-4-7-22(25)14-21)17-24-8-5-13-27(24)15-20-9-11-23(26)12-10-20/h4-14,18-19H,15-17H2,1-3H3. The summed E-state index contributed by atoms with van der Waals surface area (Å²) in [6.07, 6.45) is 2.09. The van der Waals surface area contributed by atoms with Crippen LogP contribution in [0.5, 0.6) is 0 Å². The average Bonchev–Trinajstić information content (AvgIpc) is 3.09. The van der Waals surface area contributed by atoms with Gasteiger partial charge in [-0.3, -0.25) is 4.90 Å². The lowest BCUT2D eigenvalue weighted by Gasteiger charge is -2.32. The van der Waals surface area contributed by atoms with E-state index in [0.717, 1.165) is 30.2 Å². The largest absolute Gasteiger partial charge is 0.346 e. The van der Waals surface area contributed by atoms with E-state index in [1.807, 2.05) is 30.3 Å². The molecule has 3 rings (SSSR count). The lowest BCUT2D eigenvalue weighted by Crippen LogP contribution is -2.36. The van der Waals surface area contributed by atoms with E-state index in [1.54, 1.807) is 0 Å². The summed E-state index contributed by atoms with van der Waals surface area (Å²) >= 11 is 6.19. The number of rotatable bonds is 8. The molecule has 0 bridgehead atoms. The molecule has 0 aliphatic heterocycles. The van der Waals surface area contributed by atoms with Crippen molar-refractivity contribution in [1.82, 2.24) is 9.47 Å². The summed E-state index contributed by atoms with van der Waals surface area (Å²) in [6, 6.07) is 19.5. The molecule has 4 heteroatoms. The highest BCUT2D eigenvalue weighted by atomic mass is 35.5. The van der Waals surface area contributed by atoms with Crippen molar-refractivity contribution in [2.45, 2.75) is 46.4 Å². The summed E-state index contributed by atoms with van der Waals surface area (Å²) in [7, 11) is 0. The molecule has 1 heterocycles. The average molecular weight is 399 g/mol. The molecule has 0 amide bonds. The Balaban J connectivity index is 1.79. The third-order valence-electron chi connectivity index (χ3n) is 5.37. The highest BCUT2D eigenvalue weighted by Gasteiger charge is 2.19. The second-order valence-electron chi connectivity index (χ2n) is 7.77. The van der Waals surface area contributed by atoms with E-state index in [2.05, 4.69) is 54.6 Å². The van der Waals surface area contributed by atoms with Crippen molar-refractivity contribution in [3.05, 3.63) is 94.5 Å². The Morgan fingerprint density at radius 3 is 2.36 bits per heavy atom. The van der Waals surface area contributed by atoms with Crippen LogP contribution < -0.4 is 0 Å². The van der Waals surface area contributed by atoms with Gasteiger partial charge in [0.1, 0.15) is 5.82 Å². The van der Waals surface area contributed by atoms with Crippen LogP contribution in [0.3, 0.4) is 0 Å². The summed E-state index contributed by atoms with van der Waals surface area (Å²) in [5.74, 6) is 0.342. The zero-order chi connectivity index (χ0) is 20.1. The fourth-order valence-electron chi connectivity index (χ4n) is 3.38. The minimum Gasteiger partial charge on any atom is -0.346 e. The Bertz CT molecular complexity index is 886. The van der Waals surface area contributed by atoms with Crippen molar-refractivity contribution >= 4 is 11.6 Å². The first-order chi connectivity index (χ1) is 13.4. The van der Waals surface area contributed by atoms with Gasteiger partial charge in [0, 0.05) is 42.6 Å². The number of benzene rings is 2. The molecular formula is C24H28ClFN2. The Morgan fingerprint density at radius 1 is 0.929 bits per heavy atom. The first-order valence-electron chi connectivity index (χ1n) is 9.79. The number of halogens is 2. The Kier molecular flexibility index (Phi) is 6.93. The van der Waals surface area contributed by atoms with E-state index in [1.165, 1.54) is 23.4 Å². The van der Waals surface area contributed by atoms with Gasteiger partial charge >= 0.3 is 0 Å². The summed E-state index contributed by atoms with van der Waals surface area (Å²) in [6.45, 7) is 9.23. The van der Waals surface area contributed by atoms with Crippen molar-refractivity contribution in [2.75, 3.05) is 0 Å².